The number of nitrogens with one attached hydrogen (secondary N) is 1. The monoisotopic (exact) mass is 384 g/mol. The smallest absolute Gasteiger partial charge is 0.395 e. The highest BCUT2D eigenvalue weighted by Crippen LogP contribution is 2.44. The van der Waals surface area contributed by atoms with Gasteiger partial charge in [0.1, 0.15) is 0 Å². The van der Waals surface area contributed by atoms with E-state index in [1.165, 1.54) is 18.6 Å². The van der Waals surface area contributed by atoms with Gasteiger partial charge in [0, 0.05) is 35.4 Å². The molecule has 0 radical (unpaired) electrons. The molecule has 1 aromatic carbocycles. The predicted molar refractivity (Wildman–Crippen MR) is 98.6 cm³/mol. The minimum Gasteiger partial charge on any atom is -0.395 e. The van der Waals surface area contributed by atoms with E-state index in [2.05, 4.69) is 19.8 Å². The van der Waals surface area contributed by atoms with Crippen LogP contribution >= 0.6 is 0 Å². The first-order valence-electron chi connectivity index (χ1n) is 9.16. The fourth-order valence-corrected chi connectivity index (χ4v) is 3.47. The van der Waals surface area contributed by atoms with Crippen LogP contribution in [0.2, 0.25) is 0 Å². The van der Waals surface area contributed by atoms with Gasteiger partial charge in [0.15, 0.2) is 17.3 Å². The molecule has 28 heavy (non-hydrogen) atoms. The molecule has 1 aliphatic heterocycles. The van der Waals surface area contributed by atoms with Crippen molar-refractivity contribution in [3.63, 3.8) is 0 Å². The molecular weight excluding hydrogens is 366 g/mol. The summed E-state index contributed by atoms with van der Waals surface area (Å²) in [6.45, 7) is 1.93. The number of fused-ring (bicyclic) bond motifs is 1. The van der Waals surface area contributed by atoms with E-state index >= 15 is 0 Å². The van der Waals surface area contributed by atoms with Gasteiger partial charge < -0.3 is 14.8 Å². The Balaban J connectivity index is 1.48. The van der Waals surface area contributed by atoms with Gasteiger partial charge in [0.05, 0.1) is 5.69 Å². The molecule has 0 amide bonds. The summed E-state index contributed by atoms with van der Waals surface area (Å²) in [7, 11) is 0. The van der Waals surface area contributed by atoms with Gasteiger partial charge in [0.25, 0.3) is 0 Å². The standard InChI is InChI=1S/C20H18F2N4O2/c1-12-9-15(7-8-23-12)26-11-16(13-3-2-4-13)19(25-26)24-14-5-6-17-18(10-14)28-20(21,22)27-17/h5-11,13H,2-4H2,1H3,(H,24,25). The van der Waals surface area contributed by atoms with E-state index in [1.54, 1.807) is 12.3 Å². The normalized spacial score (nSPS) is 17.4. The van der Waals surface area contributed by atoms with Crippen molar-refractivity contribution in [1.29, 1.82) is 0 Å². The van der Waals surface area contributed by atoms with Crippen molar-refractivity contribution in [2.24, 2.45) is 0 Å². The fourth-order valence-electron chi connectivity index (χ4n) is 3.47. The molecule has 2 aliphatic rings. The summed E-state index contributed by atoms with van der Waals surface area (Å²) < 4.78 is 37.3. The number of hydrogen-bond acceptors (Lipinski definition) is 5. The second kappa shape index (κ2) is 6.19. The maximum atomic E-state index is 13.3. The van der Waals surface area contributed by atoms with Gasteiger partial charge in [0.2, 0.25) is 0 Å². The molecule has 3 aromatic rings. The molecule has 5 rings (SSSR count). The van der Waals surface area contributed by atoms with Crippen LogP contribution in [0.5, 0.6) is 11.5 Å². The van der Waals surface area contributed by atoms with Crippen LogP contribution < -0.4 is 14.8 Å². The number of anilines is 2. The lowest BCUT2D eigenvalue weighted by atomic mass is 9.81. The van der Waals surface area contributed by atoms with Gasteiger partial charge in [-0.3, -0.25) is 4.98 Å². The second-order valence-electron chi connectivity index (χ2n) is 7.11. The highest BCUT2D eigenvalue weighted by molar-refractivity contribution is 5.64. The Morgan fingerprint density at radius 1 is 1.14 bits per heavy atom. The Morgan fingerprint density at radius 2 is 1.96 bits per heavy atom. The highest BCUT2D eigenvalue weighted by atomic mass is 19.3. The van der Waals surface area contributed by atoms with Crippen molar-refractivity contribution in [2.45, 2.75) is 38.4 Å². The number of rotatable bonds is 4. The van der Waals surface area contributed by atoms with E-state index in [4.69, 9.17) is 5.10 Å². The van der Waals surface area contributed by atoms with Crippen molar-refractivity contribution >= 4 is 11.5 Å². The zero-order valence-electron chi connectivity index (χ0n) is 15.2. The van der Waals surface area contributed by atoms with Crippen molar-refractivity contribution in [2.75, 3.05) is 5.32 Å². The molecule has 0 spiro atoms. The third-order valence-corrected chi connectivity index (χ3v) is 5.10. The molecule has 144 valence electrons. The molecule has 1 saturated carbocycles. The molecular formula is C20H18F2N4O2. The average molecular weight is 384 g/mol. The molecule has 0 bridgehead atoms. The summed E-state index contributed by atoms with van der Waals surface area (Å²) in [4.78, 5) is 4.23. The Labute approximate surface area is 160 Å². The number of alkyl halides is 2. The van der Waals surface area contributed by atoms with Crippen LogP contribution in [-0.4, -0.2) is 21.1 Å². The van der Waals surface area contributed by atoms with E-state index in [1.807, 2.05) is 29.9 Å². The van der Waals surface area contributed by atoms with Crippen molar-refractivity contribution in [1.82, 2.24) is 14.8 Å². The van der Waals surface area contributed by atoms with Gasteiger partial charge in [-0.2, -0.15) is 0 Å². The number of pyridine rings is 1. The maximum Gasteiger partial charge on any atom is 0.586 e. The Kier molecular flexibility index (Phi) is 3.75. The summed E-state index contributed by atoms with van der Waals surface area (Å²) in [6.07, 6.45) is 3.58. The SMILES string of the molecule is Cc1cc(-n2cc(C3CCC3)c(Nc3ccc4c(c3)OC(F)(F)O4)n2)ccn1. The molecule has 0 atom stereocenters. The number of halogens is 2. The quantitative estimate of drug-likeness (QED) is 0.693. The number of nitrogens with zero attached hydrogens (tertiary/aromatic N) is 3. The topological polar surface area (TPSA) is 61.2 Å². The third kappa shape index (κ3) is 3.04. The summed E-state index contributed by atoms with van der Waals surface area (Å²) >= 11 is 0. The molecule has 0 saturated heterocycles. The van der Waals surface area contributed by atoms with E-state index in [9.17, 15) is 8.78 Å². The fraction of sp³-hybridized carbons (Fsp3) is 0.300. The molecule has 1 N–H and O–H groups in total. The van der Waals surface area contributed by atoms with Crippen molar-refractivity contribution < 1.29 is 18.3 Å². The third-order valence-electron chi connectivity index (χ3n) is 5.10. The molecule has 1 fully saturated rings. The highest BCUT2D eigenvalue weighted by Gasteiger charge is 2.43. The van der Waals surface area contributed by atoms with E-state index in [0.29, 0.717) is 17.4 Å². The maximum absolute atomic E-state index is 13.3. The Morgan fingerprint density at radius 3 is 2.71 bits per heavy atom. The minimum absolute atomic E-state index is 0.00406. The summed E-state index contributed by atoms with van der Waals surface area (Å²) in [5.41, 5.74) is 3.55. The molecule has 0 unspecified atom stereocenters. The first-order valence-corrected chi connectivity index (χ1v) is 9.16. The van der Waals surface area contributed by atoms with E-state index in [-0.39, 0.29) is 11.5 Å². The number of aryl methyl sites for hydroxylation is 1. The van der Waals surface area contributed by atoms with Gasteiger partial charge in [-0.15, -0.1) is 13.9 Å². The first-order chi connectivity index (χ1) is 13.5. The zero-order valence-corrected chi connectivity index (χ0v) is 15.2. The Bertz CT molecular complexity index is 1050. The van der Waals surface area contributed by atoms with Crippen molar-refractivity contribution in [3.8, 4) is 17.2 Å². The average Bonchev–Trinajstić information content (AvgIpc) is 3.12. The van der Waals surface area contributed by atoms with Crippen LogP contribution in [-0.2, 0) is 0 Å². The van der Waals surface area contributed by atoms with Crippen LogP contribution in [0.4, 0.5) is 20.3 Å². The van der Waals surface area contributed by atoms with Crippen LogP contribution in [0.1, 0.15) is 36.4 Å². The lowest BCUT2D eigenvalue weighted by molar-refractivity contribution is -0.286. The molecule has 6 nitrogen and oxygen atoms in total. The minimum atomic E-state index is -3.63. The number of ether oxygens (including phenoxy) is 2. The summed E-state index contributed by atoms with van der Waals surface area (Å²) in [5, 5.41) is 7.95. The second-order valence-corrected chi connectivity index (χ2v) is 7.11. The number of benzene rings is 1. The van der Waals surface area contributed by atoms with E-state index < -0.39 is 6.29 Å². The van der Waals surface area contributed by atoms with Gasteiger partial charge in [-0.1, -0.05) is 6.42 Å². The summed E-state index contributed by atoms with van der Waals surface area (Å²) in [6, 6.07) is 8.49. The number of hydrogen-bond donors (Lipinski definition) is 1. The Hall–Kier alpha value is -3.16. The molecule has 1 aliphatic carbocycles. The largest absolute Gasteiger partial charge is 0.586 e. The predicted octanol–water partition coefficient (Wildman–Crippen LogP) is 4.91. The van der Waals surface area contributed by atoms with Crippen LogP contribution in [0.3, 0.4) is 0 Å². The lowest BCUT2D eigenvalue weighted by Crippen LogP contribution is -2.25. The molecule has 3 heterocycles. The van der Waals surface area contributed by atoms with Crippen LogP contribution in [0.15, 0.2) is 42.7 Å². The number of aromatic nitrogens is 3. The van der Waals surface area contributed by atoms with E-state index in [0.717, 1.165) is 29.8 Å². The van der Waals surface area contributed by atoms with Gasteiger partial charge in [-0.05, 0) is 49.9 Å². The van der Waals surface area contributed by atoms with Crippen molar-refractivity contribution in [3.05, 3.63) is 54.0 Å². The molecule has 8 heteroatoms. The first kappa shape index (κ1) is 17.0. The zero-order chi connectivity index (χ0) is 19.3. The summed E-state index contributed by atoms with van der Waals surface area (Å²) in [5.74, 6) is 1.18. The van der Waals surface area contributed by atoms with Crippen LogP contribution in [0.25, 0.3) is 5.69 Å². The van der Waals surface area contributed by atoms with Gasteiger partial charge in [-0.25, -0.2) is 4.68 Å². The lowest BCUT2D eigenvalue weighted by Gasteiger charge is -2.25. The van der Waals surface area contributed by atoms with Gasteiger partial charge >= 0.3 is 6.29 Å². The molecule has 2 aromatic heterocycles. The van der Waals surface area contributed by atoms with Crippen LogP contribution in [0, 0.1) is 6.92 Å².